The Morgan fingerprint density at radius 2 is 1.56 bits per heavy atom. The fraction of sp³-hybridized carbons (Fsp3) is 0.938. The lowest BCUT2D eigenvalue weighted by molar-refractivity contribution is -0.146. The summed E-state index contributed by atoms with van der Waals surface area (Å²) in [5.74, 6) is 1.34. The molecule has 0 radical (unpaired) electrons. The Balaban J connectivity index is 4.26. The molecule has 0 aromatic carbocycles. The van der Waals surface area contributed by atoms with Gasteiger partial charge in [0, 0.05) is 0 Å². The lowest BCUT2D eigenvalue weighted by Gasteiger charge is -2.22. The van der Waals surface area contributed by atoms with Crippen LogP contribution in [0.1, 0.15) is 72.6 Å². The van der Waals surface area contributed by atoms with E-state index >= 15 is 0 Å². The van der Waals surface area contributed by atoms with Crippen LogP contribution in [-0.2, 0) is 9.53 Å². The Morgan fingerprint density at radius 1 is 1.00 bits per heavy atom. The molecule has 0 fully saturated rings. The van der Waals surface area contributed by atoms with E-state index in [0.29, 0.717) is 11.8 Å². The van der Waals surface area contributed by atoms with Gasteiger partial charge in [-0.25, -0.2) is 0 Å². The van der Waals surface area contributed by atoms with Crippen LogP contribution in [0, 0.1) is 17.8 Å². The number of unbranched alkanes of at least 4 members (excludes halogenated alkanes) is 1. The molecule has 0 rings (SSSR count). The molecule has 2 nitrogen and oxygen atoms in total. The minimum atomic E-state index is -0.0127. The lowest BCUT2D eigenvalue weighted by Crippen LogP contribution is -2.21. The molecule has 3 unspecified atom stereocenters. The summed E-state index contributed by atoms with van der Waals surface area (Å²) in [6.07, 6.45) is 8.10. The molecule has 0 saturated carbocycles. The van der Waals surface area contributed by atoms with E-state index in [4.69, 9.17) is 4.74 Å². The monoisotopic (exact) mass is 256 g/mol. The van der Waals surface area contributed by atoms with Crippen molar-refractivity contribution in [1.82, 2.24) is 0 Å². The number of esters is 1. The molecule has 0 amide bonds. The Hall–Kier alpha value is -0.530. The molecule has 3 atom stereocenters. The van der Waals surface area contributed by atoms with Gasteiger partial charge in [-0.3, -0.25) is 4.79 Å². The van der Waals surface area contributed by atoms with E-state index in [2.05, 4.69) is 27.7 Å². The van der Waals surface area contributed by atoms with E-state index in [1.807, 2.05) is 0 Å². The molecule has 0 aromatic rings. The van der Waals surface area contributed by atoms with Crippen molar-refractivity contribution in [3.63, 3.8) is 0 Å². The number of rotatable bonds is 10. The molecule has 0 aromatic heterocycles. The van der Waals surface area contributed by atoms with Crippen LogP contribution in [0.5, 0.6) is 0 Å². The highest BCUT2D eigenvalue weighted by Gasteiger charge is 2.23. The van der Waals surface area contributed by atoms with Gasteiger partial charge >= 0.3 is 5.97 Å². The summed E-state index contributed by atoms with van der Waals surface area (Å²) >= 11 is 0. The third kappa shape index (κ3) is 7.73. The Labute approximate surface area is 113 Å². The van der Waals surface area contributed by atoms with Gasteiger partial charge in [0.15, 0.2) is 0 Å². The van der Waals surface area contributed by atoms with Gasteiger partial charge in [-0.1, -0.05) is 59.8 Å². The smallest absolute Gasteiger partial charge is 0.308 e. The Kier molecular flexibility index (Phi) is 10.1. The molecule has 0 saturated heterocycles. The average Bonchev–Trinajstić information content (AvgIpc) is 2.34. The number of ether oxygens (including phenoxy) is 1. The van der Waals surface area contributed by atoms with Crippen LogP contribution in [0.3, 0.4) is 0 Å². The molecular formula is C16H32O2. The Bertz CT molecular complexity index is 213. The minimum Gasteiger partial charge on any atom is -0.469 e. The molecule has 0 aliphatic rings. The van der Waals surface area contributed by atoms with Crippen LogP contribution in [-0.4, -0.2) is 13.1 Å². The van der Waals surface area contributed by atoms with Crippen molar-refractivity contribution in [2.45, 2.75) is 72.6 Å². The quantitative estimate of drug-likeness (QED) is 0.524. The molecule has 0 heterocycles. The summed E-state index contributed by atoms with van der Waals surface area (Å²) in [7, 11) is 1.51. The molecule has 2 heteroatoms. The first-order chi connectivity index (χ1) is 8.54. The van der Waals surface area contributed by atoms with E-state index in [9.17, 15) is 4.79 Å². The molecule has 0 aliphatic carbocycles. The normalized spacial score (nSPS) is 16.1. The summed E-state index contributed by atoms with van der Waals surface area (Å²) < 4.78 is 4.96. The van der Waals surface area contributed by atoms with Gasteiger partial charge in [-0.2, -0.15) is 0 Å². The van der Waals surface area contributed by atoms with Gasteiger partial charge in [0.2, 0.25) is 0 Å². The van der Waals surface area contributed by atoms with E-state index < -0.39 is 0 Å². The number of carbonyl (C=O) groups excluding carboxylic acids is 1. The predicted octanol–water partition coefficient (Wildman–Crippen LogP) is 4.82. The highest BCUT2D eigenvalue weighted by Crippen LogP contribution is 2.26. The van der Waals surface area contributed by atoms with Gasteiger partial charge in [-0.15, -0.1) is 0 Å². The van der Waals surface area contributed by atoms with Gasteiger partial charge in [0.25, 0.3) is 0 Å². The average molecular weight is 256 g/mol. The molecule has 108 valence electrons. The van der Waals surface area contributed by atoms with Gasteiger partial charge in [-0.05, 0) is 24.7 Å². The maximum absolute atomic E-state index is 11.8. The second-order valence-electron chi connectivity index (χ2n) is 5.83. The van der Waals surface area contributed by atoms with E-state index in [0.717, 1.165) is 12.8 Å². The zero-order chi connectivity index (χ0) is 14.0. The largest absolute Gasteiger partial charge is 0.469 e. The zero-order valence-corrected chi connectivity index (χ0v) is 13.0. The molecule has 0 aliphatic heterocycles. The van der Waals surface area contributed by atoms with Crippen LogP contribution in [0.25, 0.3) is 0 Å². The maximum atomic E-state index is 11.8. The van der Waals surface area contributed by atoms with Gasteiger partial charge in [0.1, 0.15) is 0 Å². The van der Waals surface area contributed by atoms with Crippen molar-refractivity contribution in [1.29, 1.82) is 0 Å². The summed E-state index contributed by atoms with van der Waals surface area (Å²) in [6.45, 7) is 8.92. The molecule has 18 heavy (non-hydrogen) atoms. The fourth-order valence-electron chi connectivity index (χ4n) is 2.71. The van der Waals surface area contributed by atoms with Crippen LogP contribution >= 0.6 is 0 Å². The van der Waals surface area contributed by atoms with E-state index in [1.165, 1.54) is 39.2 Å². The maximum Gasteiger partial charge on any atom is 0.308 e. The molecule has 0 spiro atoms. The summed E-state index contributed by atoms with van der Waals surface area (Å²) in [4.78, 5) is 11.8. The fourth-order valence-corrected chi connectivity index (χ4v) is 2.71. The van der Waals surface area contributed by atoms with Crippen molar-refractivity contribution in [3.8, 4) is 0 Å². The van der Waals surface area contributed by atoms with E-state index in [1.54, 1.807) is 0 Å². The summed E-state index contributed by atoms with van der Waals surface area (Å²) in [5.41, 5.74) is 0. The van der Waals surface area contributed by atoms with E-state index in [-0.39, 0.29) is 11.9 Å². The van der Waals surface area contributed by atoms with Crippen LogP contribution in [0.2, 0.25) is 0 Å². The van der Waals surface area contributed by atoms with Crippen molar-refractivity contribution in [3.05, 3.63) is 0 Å². The first kappa shape index (κ1) is 17.5. The standard InChI is InChI=1S/C16H32O2/c1-6-8-10-14(4)12-15(16(17)18-5)11-13(3)9-7-2/h13-15H,6-12H2,1-5H3. The molecule has 0 N–H and O–H groups in total. The van der Waals surface area contributed by atoms with Crippen molar-refractivity contribution in [2.24, 2.45) is 17.8 Å². The first-order valence-electron chi connectivity index (χ1n) is 7.62. The third-order valence-corrected chi connectivity index (χ3v) is 3.74. The Morgan fingerprint density at radius 3 is 2.00 bits per heavy atom. The van der Waals surface area contributed by atoms with Crippen LogP contribution < -0.4 is 0 Å². The highest BCUT2D eigenvalue weighted by molar-refractivity contribution is 5.72. The number of hydrogen-bond acceptors (Lipinski definition) is 2. The lowest BCUT2D eigenvalue weighted by atomic mass is 9.85. The summed E-state index contributed by atoms with van der Waals surface area (Å²) in [6, 6.07) is 0. The van der Waals surface area contributed by atoms with Crippen LogP contribution in [0.15, 0.2) is 0 Å². The van der Waals surface area contributed by atoms with Crippen LogP contribution in [0.4, 0.5) is 0 Å². The van der Waals surface area contributed by atoms with Crippen molar-refractivity contribution >= 4 is 5.97 Å². The third-order valence-electron chi connectivity index (χ3n) is 3.74. The van der Waals surface area contributed by atoms with Crippen molar-refractivity contribution < 1.29 is 9.53 Å². The first-order valence-corrected chi connectivity index (χ1v) is 7.62. The zero-order valence-electron chi connectivity index (χ0n) is 13.0. The van der Waals surface area contributed by atoms with Crippen molar-refractivity contribution in [2.75, 3.05) is 7.11 Å². The number of methoxy groups -OCH3 is 1. The van der Waals surface area contributed by atoms with Gasteiger partial charge in [0.05, 0.1) is 13.0 Å². The minimum absolute atomic E-state index is 0.0127. The second-order valence-corrected chi connectivity index (χ2v) is 5.83. The SMILES string of the molecule is CCCCC(C)CC(CC(C)CCC)C(=O)OC. The predicted molar refractivity (Wildman–Crippen MR) is 77.5 cm³/mol. The number of hydrogen-bond donors (Lipinski definition) is 0. The second kappa shape index (κ2) is 10.4. The topological polar surface area (TPSA) is 26.3 Å². The van der Waals surface area contributed by atoms with Gasteiger partial charge < -0.3 is 4.74 Å². The number of carbonyl (C=O) groups is 1. The highest BCUT2D eigenvalue weighted by atomic mass is 16.5. The molecular weight excluding hydrogens is 224 g/mol. The summed E-state index contributed by atoms with van der Waals surface area (Å²) in [5, 5.41) is 0. The molecule has 0 bridgehead atoms.